The Morgan fingerprint density at radius 2 is 2.08 bits per heavy atom. The molecule has 2 amide bonds. The minimum atomic E-state index is -0.929. The monoisotopic (exact) mass is 343 g/mol. The third-order valence-corrected chi connectivity index (χ3v) is 4.48. The van der Waals surface area contributed by atoms with E-state index in [0.717, 1.165) is 24.8 Å². The second-order valence-electron chi connectivity index (χ2n) is 6.29. The first-order chi connectivity index (χ1) is 12.0. The van der Waals surface area contributed by atoms with Crippen molar-refractivity contribution in [2.24, 2.45) is 5.10 Å². The van der Waals surface area contributed by atoms with Crippen LogP contribution in [0.15, 0.2) is 29.4 Å². The summed E-state index contributed by atoms with van der Waals surface area (Å²) in [6.45, 7) is 1.53. The molecule has 0 unspecified atom stereocenters. The van der Waals surface area contributed by atoms with Gasteiger partial charge in [0.1, 0.15) is 5.71 Å². The molecule has 132 valence electrons. The lowest BCUT2D eigenvalue weighted by atomic mass is 9.87. The van der Waals surface area contributed by atoms with Gasteiger partial charge >= 0.3 is 5.97 Å². The van der Waals surface area contributed by atoms with Crippen LogP contribution in [0, 0.1) is 0 Å². The molecule has 1 aliphatic carbocycles. The van der Waals surface area contributed by atoms with Crippen molar-refractivity contribution in [1.82, 2.24) is 10.7 Å². The number of aryl methyl sites for hydroxylation is 1. The summed E-state index contributed by atoms with van der Waals surface area (Å²) in [6.07, 6.45) is 2.36. The highest BCUT2D eigenvalue weighted by molar-refractivity contribution is 6.37. The van der Waals surface area contributed by atoms with Gasteiger partial charge in [-0.15, -0.1) is 0 Å². The van der Waals surface area contributed by atoms with E-state index in [1.165, 1.54) is 12.5 Å². The van der Waals surface area contributed by atoms with Gasteiger partial charge in [-0.25, -0.2) is 10.2 Å². The Bertz CT molecular complexity index is 729. The van der Waals surface area contributed by atoms with Gasteiger partial charge in [-0.05, 0) is 37.3 Å². The number of hydrazone groups is 1. The molecular weight excluding hydrogens is 322 g/mol. The summed E-state index contributed by atoms with van der Waals surface area (Å²) < 4.78 is 5.18. The number of nitrogens with zero attached hydrogens (tertiary/aromatic N) is 1. The van der Waals surface area contributed by atoms with Crippen molar-refractivity contribution < 1.29 is 19.1 Å². The molecular formula is C18H21N3O4. The summed E-state index contributed by atoms with van der Waals surface area (Å²) in [5.74, 6) is -1.25. The fourth-order valence-corrected chi connectivity index (χ4v) is 3.10. The van der Waals surface area contributed by atoms with Gasteiger partial charge in [-0.2, -0.15) is 5.10 Å². The first-order valence-corrected chi connectivity index (χ1v) is 8.49. The maximum absolute atomic E-state index is 12.4. The lowest BCUT2D eigenvalue weighted by molar-refractivity contribution is -0.149. The van der Waals surface area contributed by atoms with E-state index in [2.05, 4.69) is 21.9 Å². The number of hydrogen-bond acceptors (Lipinski definition) is 5. The van der Waals surface area contributed by atoms with Crippen LogP contribution in [0.25, 0.3) is 0 Å². The number of nitrogens with one attached hydrogen (secondary N) is 2. The van der Waals surface area contributed by atoms with Crippen molar-refractivity contribution in [3.05, 3.63) is 35.4 Å². The molecule has 0 spiro atoms. The number of esters is 1. The fourth-order valence-electron chi connectivity index (χ4n) is 3.10. The average Bonchev–Trinajstić information content (AvgIpc) is 2.62. The van der Waals surface area contributed by atoms with Gasteiger partial charge < -0.3 is 10.1 Å². The van der Waals surface area contributed by atoms with Crippen LogP contribution >= 0.6 is 0 Å². The number of ether oxygens (including phenoxy) is 1. The predicted molar refractivity (Wildman–Crippen MR) is 90.6 cm³/mol. The van der Waals surface area contributed by atoms with Crippen molar-refractivity contribution in [3.8, 4) is 0 Å². The molecule has 7 heteroatoms. The molecule has 25 heavy (non-hydrogen) atoms. The molecule has 2 N–H and O–H groups in total. The van der Waals surface area contributed by atoms with Crippen LogP contribution in [-0.2, 0) is 25.5 Å². The van der Waals surface area contributed by atoms with Gasteiger partial charge in [0.15, 0.2) is 6.10 Å². The Hall–Kier alpha value is -2.70. The van der Waals surface area contributed by atoms with E-state index in [9.17, 15) is 14.4 Å². The molecule has 3 rings (SSSR count). The van der Waals surface area contributed by atoms with Gasteiger partial charge in [0, 0.05) is 12.8 Å². The minimum Gasteiger partial charge on any atom is -0.448 e. The molecule has 1 aromatic carbocycles. The topological polar surface area (TPSA) is 96.9 Å². The maximum Gasteiger partial charge on any atom is 0.355 e. The van der Waals surface area contributed by atoms with Gasteiger partial charge in [0.2, 0.25) is 5.91 Å². The molecule has 0 aromatic heterocycles. The minimum absolute atomic E-state index is 0.0649. The number of fused-ring (bicyclic) bond motifs is 1. The summed E-state index contributed by atoms with van der Waals surface area (Å²) in [4.78, 5) is 35.5. The van der Waals surface area contributed by atoms with Crippen molar-refractivity contribution in [3.63, 3.8) is 0 Å². The van der Waals surface area contributed by atoms with Crippen molar-refractivity contribution >= 4 is 23.5 Å². The normalized spacial score (nSPS) is 20.6. The second-order valence-corrected chi connectivity index (χ2v) is 6.29. The maximum atomic E-state index is 12.4. The van der Waals surface area contributed by atoms with Crippen LogP contribution in [0.2, 0.25) is 0 Å². The highest BCUT2D eigenvalue weighted by Crippen LogP contribution is 2.29. The molecule has 1 heterocycles. The molecule has 0 radical (unpaired) electrons. The van der Waals surface area contributed by atoms with Gasteiger partial charge in [-0.1, -0.05) is 24.3 Å². The number of amides is 2. The number of hydrogen-bond donors (Lipinski definition) is 2. The molecule has 2 aliphatic rings. The van der Waals surface area contributed by atoms with E-state index < -0.39 is 12.1 Å². The van der Waals surface area contributed by atoms with Crippen molar-refractivity contribution in [2.75, 3.05) is 0 Å². The highest BCUT2D eigenvalue weighted by atomic mass is 16.5. The zero-order chi connectivity index (χ0) is 17.8. The lowest BCUT2D eigenvalue weighted by Crippen LogP contribution is -2.41. The molecule has 1 aliphatic heterocycles. The van der Waals surface area contributed by atoms with Crippen LogP contribution < -0.4 is 10.7 Å². The van der Waals surface area contributed by atoms with E-state index in [1.807, 2.05) is 18.2 Å². The van der Waals surface area contributed by atoms with Crippen molar-refractivity contribution in [1.29, 1.82) is 0 Å². The van der Waals surface area contributed by atoms with E-state index in [4.69, 9.17) is 4.74 Å². The van der Waals surface area contributed by atoms with Crippen LogP contribution in [0.3, 0.4) is 0 Å². The molecule has 2 atom stereocenters. The Labute approximate surface area is 145 Å². The van der Waals surface area contributed by atoms with Crippen LogP contribution in [-0.4, -0.2) is 29.6 Å². The number of carbonyl (C=O) groups is 3. The summed E-state index contributed by atoms with van der Waals surface area (Å²) in [5.41, 5.74) is 4.74. The Kier molecular flexibility index (Phi) is 5.11. The summed E-state index contributed by atoms with van der Waals surface area (Å²) in [7, 11) is 0. The molecule has 1 aromatic rings. The van der Waals surface area contributed by atoms with E-state index in [-0.39, 0.29) is 36.4 Å². The molecule has 7 nitrogen and oxygen atoms in total. The molecule has 0 fully saturated rings. The standard InChI is InChI=1S/C18H21N3O4/c1-11(25-18(24)15-9-10-16(22)21-20-15)17(23)19-14-8-4-6-12-5-2-3-7-13(12)14/h2-3,5,7,11,14H,4,6,8-10H2,1H3,(H,19,23)(H,21,22)/t11-,14-/m0/s1. The Balaban J connectivity index is 1.58. The third-order valence-electron chi connectivity index (χ3n) is 4.48. The SMILES string of the molecule is C[C@H](OC(=O)C1=NNC(=O)CC1)C(=O)N[C@H]1CCCc2ccccc21. The number of carbonyl (C=O) groups excluding carboxylic acids is 3. The van der Waals surface area contributed by atoms with E-state index >= 15 is 0 Å². The molecule has 0 bridgehead atoms. The quantitative estimate of drug-likeness (QED) is 0.807. The van der Waals surface area contributed by atoms with Crippen molar-refractivity contribution in [2.45, 2.75) is 51.2 Å². The molecule has 0 saturated heterocycles. The zero-order valence-electron chi connectivity index (χ0n) is 14.1. The Morgan fingerprint density at radius 1 is 1.28 bits per heavy atom. The predicted octanol–water partition coefficient (Wildman–Crippen LogP) is 1.38. The average molecular weight is 343 g/mol. The summed E-state index contributed by atoms with van der Waals surface area (Å²) in [5, 5.41) is 6.64. The number of benzene rings is 1. The smallest absolute Gasteiger partial charge is 0.355 e. The first kappa shape index (κ1) is 17.1. The first-order valence-electron chi connectivity index (χ1n) is 8.49. The highest BCUT2D eigenvalue weighted by Gasteiger charge is 2.27. The number of rotatable bonds is 4. The Morgan fingerprint density at radius 3 is 2.84 bits per heavy atom. The van der Waals surface area contributed by atoms with Gasteiger partial charge in [0.05, 0.1) is 6.04 Å². The van der Waals surface area contributed by atoms with E-state index in [0.29, 0.717) is 0 Å². The lowest BCUT2D eigenvalue weighted by Gasteiger charge is -2.27. The largest absolute Gasteiger partial charge is 0.448 e. The van der Waals surface area contributed by atoms with Crippen LogP contribution in [0.4, 0.5) is 0 Å². The second kappa shape index (κ2) is 7.46. The zero-order valence-corrected chi connectivity index (χ0v) is 14.1. The summed E-state index contributed by atoms with van der Waals surface area (Å²) >= 11 is 0. The van der Waals surface area contributed by atoms with Crippen LogP contribution in [0.1, 0.15) is 49.8 Å². The van der Waals surface area contributed by atoms with Crippen LogP contribution in [0.5, 0.6) is 0 Å². The van der Waals surface area contributed by atoms with Gasteiger partial charge in [-0.3, -0.25) is 9.59 Å². The van der Waals surface area contributed by atoms with Gasteiger partial charge in [0.25, 0.3) is 5.91 Å². The summed E-state index contributed by atoms with van der Waals surface area (Å²) in [6, 6.07) is 7.99. The fraction of sp³-hybridized carbons (Fsp3) is 0.444. The molecule has 0 saturated carbocycles. The third kappa shape index (κ3) is 4.04. The van der Waals surface area contributed by atoms with E-state index in [1.54, 1.807) is 0 Å².